The number of carbonyl (C=O) groups excluding carboxylic acids is 2. The molecule has 1 heterocycles. The molecule has 0 bridgehead atoms. The van der Waals surface area contributed by atoms with Crippen LogP contribution >= 0.6 is 0 Å². The van der Waals surface area contributed by atoms with Gasteiger partial charge in [-0.3, -0.25) is 0 Å². The first-order valence-corrected chi connectivity index (χ1v) is 25.4. The second kappa shape index (κ2) is 16.1. The fourth-order valence-corrected chi connectivity index (χ4v) is 10.5. The Morgan fingerprint density at radius 1 is 0.580 bits per heavy atom. The van der Waals surface area contributed by atoms with Crippen LogP contribution in [0.1, 0.15) is 128 Å². The summed E-state index contributed by atoms with van der Waals surface area (Å²) >= 11 is 0. The van der Waals surface area contributed by atoms with Gasteiger partial charge in [0.25, 0.3) is 0 Å². The predicted molar refractivity (Wildman–Crippen MR) is 210 cm³/mol. The molecule has 3 N–H and O–H groups in total. The van der Waals surface area contributed by atoms with Crippen molar-refractivity contribution in [2.24, 2.45) is 23.7 Å². The largest absolute Gasteiger partial charge is 0.444 e. The highest BCUT2D eigenvalue weighted by molar-refractivity contribution is 6.74. The van der Waals surface area contributed by atoms with E-state index in [0.29, 0.717) is 23.7 Å². The number of rotatable bonds is 6. The van der Waals surface area contributed by atoms with Crippen LogP contribution in [-0.4, -0.2) is 77.4 Å². The van der Waals surface area contributed by atoms with E-state index in [9.17, 15) is 9.59 Å². The maximum Gasteiger partial charge on any atom is 0.407 e. The number of hydrogen-bond donors (Lipinski definition) is 3. The van der Waals surface area contributed by atoms with Gasteiger partial charge in [0, 0.05) is 30.8 Å². The molecule has 0 radical (unpaired) electrons. The highest BCUT2D eigenvalue weighted by Gasteiger charge is 2.47. The lowest BCUT2D eigenvalue weighted by Crippen LogP contribution is -2.53. The van der Waals surface area contributed by atoms with Crippen molar-refractivity contribution < 1.29 is 27.9 Å². The van der Waals surface area contributed by atoms with Gasteiger partial charge >= 0.3 is 12.2 Å². The zero-order valence-electron chi connectivity index (χ0n) is 34.9. The topological polar surface area (TPSA) is 107 Å². The Bertz CT molecular complexity index is 1050. The van der Waals surface area contributed by atoms with Crippen LogP contribution in [0.2, 0.25) is 36.3 Å². The van der Waals surface area contributed by atoms with Crippen molar-refractivity contribution in [2.75, 3.05) is 13.1 Å². The second-order valence-electron chi connectivity index (χ2n) is 20.9. The Balaban J connectivity index is 0.000000270. The van der Waals surface area contributed by atoms with Gasteiger partial charge in [0.2, 0.25) is 0 Å². The van der Waals surface area contributed by atoms with Gasteiger partial charge in [-0.05, 0) is 147 Å². The molecule has 1 aliphatic heterocycles. The third-order valence-electron chi connectivity index (χ3n) is 12.2. The third kappa shape index (κ3) is 12.5. The molecule has 0 spiro atoms. The molecule has 3 aliphatic carbocycles. The molecule has 8 atom stereocenters. The predicted octanol–water partition coefficient (Wildman–Crippen LogP) is 9.38. The molecule has 4 aliphatic rings. The number of nitrogens with one attached hydrogen (secondary N) is 3. The van der Waals surface area contributed by atoms with Crippen LogP contribution < -0.4 is 16.0 Å². The van der Waals surface area contributed by atoms with E-state index in [1.54, 1.807) is 0 Å². The molecule has 1 saturated heterocycles. The van der Waals surface area contributed by atoms with Crippen molar-refractivity contribution in [3.8, 4) is 0 Å². The van der Waals surface area contributed by atoms with Gasteiger partial charge in [0.1, 0.15) is 11.2 Å². The number of amides is 2. The lowest BCUT2D eigenvalue weighted by molar-refractivity contribution is 0.0320. The van der Waals surface area contributed by atoms with Crippen LogP contribution in [0.4, 0.5) is 9.59 Å². The minimum atomic E-state index is -1.81. The van der Waals surface area contributed by atoms with E-state index >= 15 is 0 Å². The van der Waals surface area contributed by atoms with E-state index in [0.717, 1.165) is 38.8 Å². The van der Waals surface area contributed by atoms with Gasteiger partial charge in [0.05, 0.1) is 0 Å². The summed E-state index contributed by atoms with van der Waals surface area (Å²) in [5, 5.41) is 10.2. The lowest BCUT2D eigenvalue weighted by Gasteiger charge is -2.45. The Hall–Kier alpha value is -1.15. The van der Waals surface area contributed by atoms with E-state index in [2.05, 4.69) is 83.7 Å². The van der Waals surface area contributed by atoms with Crippen LogP contribution in [0.3, 0.4) is 0 Å². The molecular weight excluding hydrogens is 663 g/mol. The van der Waals surface area contributed by atoms with Crippen molar-refractivity contribution in [3.05, 3.63) is 0 Å². The summed E-state index contributed by atoms with van der Waals surface area (Å²) in [5.41, 5.74) is -0.923. The van der Waals surface area contributed by atoms with Gasteiger partial charge in [-0.15, -0.1) is 0 Å². The van der Waals surface area contributed by atoms with Crippen molar-refractivity contribution in [1.82, 2.24) is 16.0 Å². The summed E-state index contributed by atoms with van der Waals surface area (Å²) < 4.78 is 24.4. The van der Waals surface area contributed by atoms with Crippen LogP contribution in [-0.2, 0) is 18.3 Å². The molecule has 292 valence electrons. The lowest BCUT2D eigenvalue weighted by atomic mass is 9.76. The normalized spacial score (nSPS) is 30.7. The van der Waals surface area contributed by atoms with Gasteiger partial charge in [-0.1, -0.05) is 48.0 Å². The van der Waals surface area contributed by atoms with E-state index in [1.165, 1.54) is 19.3 Å². The monoisotopic (exact) mass is 740 g/mol. The molecular formula is C39H77N3O6Si2. The Morgan fingerprint density at radius 3 is 1.42 bits per heavy atom. The zero-order valence-corrected chi connectivity index (χ0v) is 36.9. The fourth-order valence-electron chi connectivity index (χ4n) is 7.78. The van der Waals surface area contributed by atoms with Crippen molar-refractivity contribution in [1.29, 1.82) is 0 Å². The fraction of sp³-hybridized carbons (Fsp3) is 0.949. The van der Waals surface area contributed by atoms with Crippen LogP contribution in [0.5, 0.6) is 0 Å². The highest BCUT2D eigenvalue weighted by atomic mass is 28.4. The molecule has 0 aromatic carbocycles. The quantitative estimate of drug-likeness (QED) is 0.233. The number of alkyl carbamates (subject to hydrolysis) is 2. The maximum absolute atomic E-state index is 12.3. The second-order valence-corrected chi connectivity index (χ2v) is 30.4. The summed E-state index contributed by atoms with van der Waals surface area (Å²) in [6.45, 7) is 36.4. The van der Waals surface area contributed by atoms with Crippen LogP contribution in [0.15, 0.2) is 0 Å². The summed E-state index contributed by atoms with van der Waals surface area (Å²) in [7, 11) is -3.60. The van der Waals surface area contributed by atoms with E-state index < -0.39 is 27.8 Å². The average molecular weight is 740 g/mol. The molecule has 0 aromatic rings. The Kier molecular flexibility index (Phi) is 13.9. The van der Waals surface area contributed by atoms with E-state index in [1.807, 2.05) is 41.5 Å². The molecule has 3 saturated carbocycles. The number of fused-ring (bicyclic) bond motifs is 2. The average Bonchev–Trinajstić information content (AvgIpc) is 3.55. The van der Waals surface area contributed by atoms with E-state index in [-0.39, 0.29) is 46.6 Å². The van der Waals surface area contributed by atoms with Gasteiger partial charge in [-0.2, -0.15) is 0 Å². The molecule has 0 aromatic heterocycles. The molecule has 2 amide bonds. The summed E-state index contributed by atoms with van der Waals surface area (Å²) in [6, 6.07) is 0.309. The molecule has 4 rings (SSSR count). The summed E-state index contributed by atoms with van der Waals surface area (Å²) in [5.74, 6) is 2.32. The molecule has 4 fully saturated rings. The highest BCUT2D eigenvalue weighted by Crippen LogP contribution is 2.46. The molecule has 0 unspecified atom stereocenters. The maximum atomic E-state index is 12.3. The zero-order chi connectivity index (χ0) is 38.1. The molecule has 50 heavy (non-hydrogen) atoms. The van der Waals surface area contributed by atoms with Gasteiger partial charge in [-0.25, -0.2) is 9.59 Å². The van der Waals surface area contributed by atoms with E-state index in [4.69, 9.17) is 18.3 Å². The first-order chi connectivity index (χ1) is 22.6. The van der Waals surface area contributed by atoms with Crippen LogP contribution in [0, 0.1) is 23.7 Å². The standard InChI is InChI=1S/C20H39NO3Si.C19H38N2O3Si/c1-19(2,3)23-18(22)21-17-13-15(12-14-10-9-11-16(14)17)24-25(7,8)20(4,5)6;1-18(2,3)23-17(22)21-16-10-14(9-13-11-20-12-15(13)16)24-25(7,8)19(4,5)6/h14-17H,9-13H2,1-8H3,(H,21,22);13-16,20H,9-12H2,1-8H3,(H,21,22)/t14-,15+,16-,17+;13-,14-,15+,16-/m01/s1. The Morgan fingerprint density at radius 2 is 1.00 bits per heavy atom. The van der Waals surface area contributed by atoms with Crippen molar-refractivity contribution in [3.63, 3.8) is 0 Å². The summed E-state index contributed by atoms with van der Waals surface area (Å²) in [4.78, 5) is 24.6. The summed E-state index contributed by atoms with van der Waals surface area (Å²) in [6.07, 6.45) is 7.72. The number of carbonyl (C=O) groups is 2. The smallest absolute Gasteiger partial charge is 0.407 e. The van der Waals surface area contributed by atoms with Gasteiger partial charge < -0.3 is 34.3 Å². The number of hydrogen-bond acceptors (Lipinski definition) is 7. The molecule has 9 nitrogen and oxygen atoms in total. The minimum absolute atomic E-state index is 0.123. The number of ether oxygens (including phenoxy) is 2. The Labute approximate surface area is 308 Å². The first-order valence-electron chi connectivity index (χ1n) is 19.6. The van der Waals surface area contributed by atoms with Crippen molar-refractivity contribution in [2.45, 2.75) is 200 Å². The van der Waals surface area contributed by atoms with Crippen molar-refractivity contribution >= 4 is 28.8 Å². The van der Waals surface area contributed by atoms with Crippen LogP contribution in [0.25, 0.3) is 0 Å². The van der Waals surface area contributed by atoms with Gasteiger partial charge in [0.15, 0.2) is 16.6 Å². The molecule has 11 heteroatoms. The SMILES string of the molecule is CC(C)(C)OC(=O)N[C@@H]1C[C@H](O[Si](C)(C)C(C)(C)C)C[C@@H]2CCC[C@@H]21.CC(C)(C)OC(=O)N[C@@H]1C[C@H](O[Si](C)(C)C(C)(C)C)C[C@@H]2CNC[C@@H]21. The minimum Gasteiger partial charge on any atom is -0.444 e. The first kappa shape index (κ1) is 43.3. The third-order valence-corrected chi connectivity index (χ3v) is 21.3.